The number of hydrogen-bond acceptors (Lipinski definition) is 7. The van der Waals surface area contributed by atoms with Crippen molar-refractivity contribution in [3.63, 3.8) is 0 Å². The minimum Gasteiger partial charge on any atom is -0.444 e. The van der Waals surface area contributed by atoms with Crippen molar-refractivity contribution < 1.29 is 13.9 Å². The summed E-state index contributed by atoms with van der Waals surface area (Å²) in [5, 5.41) is 0. The second kappa shape index (κ2) is 8.14. The first-order valence-electron chi connectivity index (χ1n) is 10.2. The van der Waals surface area contributed by atoms with Gasteiger partial charge in [0.05, 0.1) is 12.2 Å². The highest BCUT2D eigenvalue weighted by Gasteiger charge is 2.32. The van der Waals surface area contributed by atoms with Crippen LogP contribution in [0.25, 0.3) is 11.3 Å². The number of anilines is 1. The summed E-state index contributed by atoms with van der Waals surface area (Å²) in [6.45, 7) is 0.537. The van der Waals surface area contributed by atoms with E-state index in [1.54, 1.807) is 18.1 Å². The molecule has 0 N–H and O–H groups in total. The highest BCUT2D eigenvalue weighted by atomic mass is 16.5. The molecule has 0 saturated carbocycles. The van der Waals surface area contributed by atoms with E-state index >= 15 is 0 Å². The average molecular weight is 427 g/mol. The molecule has 5 rings (SSSR count). The lowest BCUT2D eigenvalue weighted by atomic mass is 10.1. The molecule has 1 atom stereocenters. The van der Waals surface area contributed by atoms with Gasteiger partial charge in [-0.2, -0.15) is 4.98 Å². The summed E-state index contributed by atoms with van der Waals surface area (Å²) in [4.78, 5) is 29.5. The van der Waals surface area contributed by atoms with E-state index in [0.717, 1.165) is 11.1 Å². The molecule has 2 aromatic carbocycles. The zero-order valence-electron chi connectivity index (χ0n) is 17.7. The Labute approximate surface area is 185 Å². The topological polar surface area (TPSA) is 84.6 Å². The zero-order chi connectivity index (χ0) is 22.1. The van der Waals surface area contributed by atoms with Crippen LogP contribution in [0.2, 0.25) is 0 Å². The number of ether oxygens (including phenoxy) is 1. The fourth-order valence-electron chi connectivity index (χ4n) is 3.80. The molecular weight excluding hydrogens is 406 g/mol. The van der Waals surface area contributed by atoms with Crippen LogP contribution in [0.4, 0.5) is 5.82 Å². The van der Waals surface area contributed by atoms with E-state index in [9.17, 15) is 4.79 Å². The fraction of sp³-hybridized carbons (Fsp3) is 0.167. The second-order valence-corrected chi connectivity index (χ2v) is 7.61. The van der Waals surface area contributed by atoms with Gasteiger partial charge in [-0.15, -0.1) is 0 Å². The lowest BCUT2D eigenvalue weighted by Crippen LogP contribution is -2.33. The van der Waals surface area contributed by atoms with Crippen LogP contribution in [0, 0.1) is 0 Å². The minimum absolute atomic E-state index is 0.0460. The number of amides is 1. The molecule has 0 spiro atoms. The molecule has 8 nitrogen and oxygen atoms in total. The highest BCUT2D eigenvalue weighted by molar-refractivity contribution is 5.99. The number of rotatable bonds is 4. The largest absolute Gasteiger partial charge is 0.444 e. The number of carbonyl (C=O) groups excluding carboxylic acids is 1. The van der Waals surface area contributed by atoms with Gasteiger partial charge >= 0.3 is 6.01 Å². The van der Waals surface area contributed by atoms with Crippen molar-refractivity contribution >= 4 is 11.7 Å². The summed E-state index contributed by atoms with van der Waals surface area (Å²) in [7, 11) is 3.73. The van der Waals surface area contributed by atoms with Crippen LogP contribution in [-0.4, -0.2) is 46.4 Å². The molecule has 32 heavy (non-hydrogen) atoms. The van der Waals surface area contributed by atoms with Crippen LogP contribution in [0.3, 0.4) is 0 Å². The van der Waals surface area contributed by atoms with E-state index in [1.165, 1.54) is 12.6 Å². The van der Waals surface area contributed by atoms with Crippen molar-refractivity contribution in [2.24, 2.45) is 0 Å². The highest BCUT2D eigenvalue weighted by Crippen LogP contribution is 2.33. The summed E-state index contributed by atoms with van der Waals surface area (Å²) in [5.74, 6) is 1.67. The van der Waals surface area contributed by atoms with Gasteiger partial charge in [0.1, 0.15) is 17.1 Å². The molecule has 0 bridgehead atoms. The first-order chi connectivity index (χ1) is 15.6. The maximum Gasteiger partial charge on any atom is 0.323 e. The van der Waals surface area contributed by atoms with Gasteiger partial charge in [0, 0.05) is 32.4 Å². The molecule has 1 amide bonds. The molecule has 160 valence electrons. The number of hydrogen-bond donors (Lipinski definition) is 0. The summed E-state index contributed by atoms with van der Waals surface area (Å²) < 4.78 is 11.2. The summed E-state index contributed by atoms with van der Waals surface area (Å²) >= 11 is 0. The Balaban J connectivity index is 1.45. The number of benzene rings is 2. The molecule has 0 aliphatic carbocycles. The lowest BCUT2D eigenvalue weighted by molar-refractivity contribution is 0.0794. The number of nitrogens with zero attached hydrogens (tertiary/aromatic N) is 5. The quantitative estimate of drug-likeness (QED) is 0.483. The van der Waals surface area contributed by atoms with Gasteiger partial charge in [-0.3, -0.25) is 4.79 Å². The first-order valence-corrected chi connectivity index (χ1v) is 10.2. The van der Waals surface area contributed by atoms with E-state index in [4.69, 9.17) is 9.15 Å². The molecule has 8 heteroatoms. The van der Waals surface area contributed by atoms with Gasteiger partial charge in [0.15, 0.2) is 12.2 Å². The van der Waals surface area contributed by atoms with Crippen LogP contribution >= 0.6 is 0 Å². The third-order valence-corrected chi connectivity index (χ3v) is 5.54. The van der Waals surface area contributed by atoms with Gasteiger partial charge in [-0.1, -0.05) is 30.3 Å². The Morgan fingerprint density at radius 2 is 1.81 bits per heavy atom. The number of fused-ring (bicyclic) bond motifs is 1. The Morgan fingerprint density at radius 1 is 1.03 bits per heavy atom. The van der Waals surface area contributed by atoms with E-state index < -0.39 is 0 Å². The van der Waals surface area contributed by atoms with E-state index in [2.05, 4.69) is 27.1 Å². The van der Waals surface area contributed by atoms with E-state index in [0.29, 0.717) is 29.4 Å². The van der Waals surface area contributed by atoms with Crippen LogP contribution in [0.5, 0.6) is 11.8 Å². The van der Waals surface area contributed by atoms with Crippen molar-refractivity contribution in [2.45, 2.75) is 6.04 Å². The summed E-state index contributed by atoms with van der Waals surface area (Å²) in [5.41, 5.74) is 2.44. The molecule has 1 aliphatic rings. The van der Waals surface area contributed by atoms with Crippen molar-refractivity contribution in [3.8, 4) is 23.1 Å². The monoisotopic (exact) mass is 427 g/mol. The Morgan fingerprint density at radius 3 is 2.53 bits per heavy atom. The van der Waals surface area contributed by atoms with E-state index in [1.807, 2.05) is 54.4 Å². The number of aromatic nitrogens is 3. The van der Waals surface area contributed by atoms with Crippen molar-refractivity contribution in [3.05, 3.63) is 84.5 Å². The van der Waals surface area contributed by atoms with Gasteiger partial charge in [-0.05, 0) is 29.8 Å². The molecule has 4 aromatic rings. The first kappa shape index (κ1) is 19.7. The molecule has 0 fully saturated rings. The van der Waals surface area contributed by atoms with Crippen molar-refractivity contribution in [1.29, 1.82) is 0 Å². The van der Waals surface area contributed by atoms with Gasteiger partial charge in [-0.25, -0.2) is 9.97 Å². The smallest absolute Gasteiger partial charge is 0.323 e. The molecule has 2 aromatic heterocycles. The third kappa shape index (κ3) is 3.66. The normalized spacial score (nSPS) is 15.9. The molecule has 1 unspecified atom stereocenters. The van der Waals surface area contributed by atoms with Crippen LogP contribution in [-0.2, 0) is 0 Å². The van der Waals surface area contributed by atoms with Crippen LogP contribution < -0.4 is 9.64 Å². The standard InChI is InChI=1S/C24H21N5O3/c1-28-14-20(16-6-4-3-5-7-16)29(2)22-19(23(28)30)12-26-24(27-22)32-18-10-8-17(9-11-18)21-13-25-15-31-21/h3-13,15,20H,14H2,1-2H3. The Bertz CT molecular complexity index is 1230. The second-order valence-electron chi connectivity index (χ2n) is 7.61. The average Bonchev–Trinajstić information content (AvgIpc) is 3.35. The predicted octanol–water partition coefficient (Wildman–Crippen LogP) is 4.19. The summed E-state index contributed by atoms with van der Waals surface area (Å²) in [6, 6.07) is 17.6. The molecule has 3 heterocycles. The van der Waals surface area contributed by atoms with Crippen LogP contribution in [0.1, 0.15) is 22.0 Å². The Kier molecular flexibility index (Phi) is 5.03. The maximum atomic E-state index is 12.9. The molecule has 0 radical (unpaired) electrons. The fourth-order valence-corrected chi connectivity index (χ4v) is 3.80. The van der Waals surface area contributed by atoms with Crippen LogP contribution in [0.15, 0.2) is 77.8 Å². The zero-order valence-corrected chi connectivity index (χ0v) is 17.7. The Hall–Kier alpha value is -4.20. The minimum atomic E-state index is -0.117. The molecule has 0 saturated heterocycles. The maximum absolute atomic E-state index is 12.9. The summed E-state index contributed by atoms with van der Waals surface area (Å²) in [6.07, 6.45) is 4.57. The number of carbonyl (C=O) groups is 1. The predicted molar refractivity (Wildman–Crippen MR) is 119 cm³/mol. The lowest BCUT2D eigenvalue weighted by Gasteiger charge is -2.29. The SMILES string of the molecule is CN1CC(c2ccccc2)N(C)c2nc(Oc3ccc(-c4cnco4)cc3)ncc2C1=O. The third-order valence-electron chi connectivity index (χ3n) is 5.54. The number of likely N-dealkylation sites (N-methyl/N-ethyl adjacent to an activating group) is 2. The van der Waals surface area contributed by atoms with Crippen molar-refractivity contribution in [1.82, 2.24) is 19.9 Å². The van der Waals surface area contributed by atoms with E-state index in [-0.39, 0.29) is 18.0 Å². The molecular formula is C24H21N5O3. The van der Waals surface area contributed by atoms with Crippen molar-refractivity contribution in [2.75, 3.05) is 25.5 Å². The van der Waals surface area contributed by atoms with Gasteiger partial charge in [0.2, 0.25) is 0 Å². The molecule has 1 aliphatic heterocycles. The van der Waals surface area contributed by atoms with Gasteiger partial charge < -0.3 is 19.0 Å². The van der Waals surface area contributed by atoms with Gasteiger partial charge in [0.25, 0.3) is 5.91 Å². The number of oxazole rings is 1.